The fraction of sp³-hybridized carbons (Fsp3) is 0.611. The first-order chi connectivity index (χ1) is 10.8. The van der Waals surface area contributed by atoms with Gasteiger partial charge in [-0.3, -0.25) is 4.79 Å². The zero-order valence-corrected chi connectivity index (χ0v) is 14.3. The van der Waals surface area contributed by atoms with Gasteiger partial charge in [-0.2, -0.15) is 0 Å². The Hall–Kier alpha value is -1.16. The number of amides is 1. The zero-order chi connectivity index (χ0) is 15.6. The summed E-state index contributed by atoms with van der Waals surface area (Å²) in [4.78, 5) is 13.2. The van der Waals surface area contributed by atoms with Crippen molar-refractivity contribution in [3.05, 3.63) is 24.3 Å². The van der Waals surface area contributed by atoms with Crippen LogP contribution in [0.4, 0.5) is 0 Å². The number of ether oxygens (including phenoxy) is 1. The third kappa shape index (κ3) is 6.30. The lowest BCUT2D eigenvalue weighted by molar-refractivity contribution is -0.119. The van der Waals surface area contributed by atoms with Crippen LogP contribution in [0.5, 0.6) is 5.75 Å². The van der Waals surface area contributed by atoms with Crippen LogP contribution in [0, 0.1) is 0 Å². The molecular formula is C18H27NO2S. The highest BCUT2D eigenvalue weighted by atomic mass is 32.2. The molecule has 3 nitrogen and oxygen atoms in total. The molecule has 1 saturated carbocycles. The van der Waals surface area contributed by atoms with E-state index < -0.39 is 0 Å². The molecule has 0 saturated heterocycles. The molecule has 22 heavy (non-hydrogen) atoms. The molecule has 1 aliphatic rings. The van der Waals surface area contributed by atoms with Crippen LogP contribution in [0.15, 0.2) is 29.2 Å². The predicted molar refractivity (Wildman–Crippen MR) is 92.6 cm³/mol. The van der Waals surface area contributed by atoms with E-state index in [-0.39, 0.29) is 5.91 Å². The lowest BCUT2D eigenvalue weighted by atomic mass is 9.97. The van der Waals surface area contributed by atoms with Crippen molar-refractivity contribution < 1.29 is 9.53 Å². The van der Waals surface area contributed by atoms with Crippen LogP contribution in [-0.2, 0) is 4.79 Å². The molecule has 0 heterocycles. The summed E-state index contributed by atoms with van der Waals surface area (Å²) in [6, 6.07) is 8.32. The van der Waals surface area contributed by atoms with Crippen molar-refractivity contribution in [2.75, 3.05) is 12.4 Å². The summed E-state index contributed by atoms with van der Waals surface area (Å²) >= 11 is 1.59. The van der Waals surface area contributed by atoms with Gasteiger partial charge in [0, 0.05) is 10.9 Å². The Morgan fingerprint density at radius 2 is 1.77 bits per heavy atom. The van der Waals surface area contributed by atoms with Gasteiger partial charge in [-0.25, -0.2) is 0 Å². The second kappa shape index (κ2) is 9.78. The van der Waals surface area contributed by atoms with E-state index >= 15 is 0 Å². The second-order valence-electron chi connectivity index (χ2n) is 5.80. The number of thioether (sulfide) groups is 1. The second-order valence-corrected chi connectivity index (χ2v) is 6.85. The molecule has 2 rings (SSSR count). The molecule has 1 amide bonds. The Morgan fingerprint density at radius 1 is 1.14 bits per heavy atom. The van der Waals surface area contributed by atoms with E-state index in [1.54, 1.807) is 11.8 Å². The largest absolute Gasteiger partial charge is 0.494 e. The van der Waals surface area contributed by atoms with E-state index in [1.165, 1.54) is 32.1 Å². The third-order valence-electron chi connectivity index (χ3n) is 3.97. The van der Waals surface area contributed by atoms with E-state index in [0.717, 1.165) is 23.5 Å². The molecule has 0 atom stereocenters. The Kier molecular flexibility index (Phi) is 7.64. The van der Waals surface area contributed by atoms with Gasteiger partial charge in [-0.1, -0.05) is 32.1 Å². The standard InChI is InChI=1S/C18H27NO2S/c1-2-21-16-10-12-17(13-11-16)22-14-18(20)19-15-8-6-4-3-5-7-9-15/h10-13,15H,2-9,14H2,1H3,(H,19,20). The Bertz CT molecular complexity index is 439. The summed E-state index contributed by atoms with van der Waals surface area (Å²) in [5, 5.41) is 3.20. The maximum absolute atomic E-state index is 12.1. The van der Waals surface area contributed by atoms with Gasteiger partial charge in [-0.15, -0.1) is 11.8 Å². The molecule has 1 aromatic rings. The number of hydrogen-bond donors (Lipinski definition) is 1. The number of benzene rings is 1. The first-order valence-corrected chi connectivity index (χ1v) is 9.41. The number of carbonyl (C=O) groups is 1. The van der Waals surface area contributed by atoms with Crippen LogP contribution in [0.2, 0.25) is 0 Å². The third-order valence-corrected chi connectivity index (χ3v) is 4.99. The van der Waals surface area contributed by atoms with Gasteiger partial charge in [0.05, 0.1) is 12.4 Å². The molecule has 0 spiro atoms. The molecule has 122 valence electrons. The monoisotopic (exact) mass is 321 g/mol. The van der Waals surface area contributed by atoms with Crippen LogP contribution in [-0.4, -0.2) is 24.3 Å². The normalized spacial score (nSPS) is 16.6. The summed E-state index contributed by atoms with van der Waals surface area (Å²) in [6.07, 6.45) is 8.75. The van der Waals surface area contributed by atoms with Crippen LogP contribution in [0.3, 0.4) is 0 Å². The van der Waals surface area contributed by atoms with Crippen molar-refractivity contribution in [3.8, 4) is 5.75 Å². The summed E-state index contributed by atoms with van der Waals surface area (Å²) in [6.45, 7) is 2.65. The summed E-state index contributed by atoms with van der Waals surface area (Å²) in [5.74, 6) is 1.53. The molecule has 4 heteroatoms. The van der Waals surface area contributed by atoms with Gasteiger partial charge < -0.3 is 10.1 Å². The first kappa shape index (κ1) is 17.2. The molecule has 0 aliphatic heterocycles. The summed E-state index contributed by atoms with van der Waals surface area (Å²) in [7, 11) is 0. The molecular weight excluding hydrogens is 294 g/mol. The smallest absolute Gasteiger partial charge is 0.230 e. The van der Waals surface area contributed by atoms with Gasteiger partial charge in [0.15, 0.2) is 0 Å². The van der Waals surface area contributed by atoms with Crippen molar-refractivity contribution in [1.82, 2.24) is 5.32 Å². The van der Waals surface area contributed by atoms with E-state index in [2.05, 4.69) is 5.32 Å². The molecule has 1 aromatic carbocycles. The average molecular weight is 321 g/mol. The van der Waals surface area contributed by atoms with Crippen LogP contribution in [0.25, 0.3) is 0 Å². The van der Waals surface area contributed by atoms with Crippen LogP contribution < -0.4 is 10.1 Å². The average Bonchev–Trinajstić information content (AvgIpc) is 2.49. The van der Waals surface area contributed by atoms with Crippen LogP contribution >= 0.6 is 11.8 Å². The number of rotatable bonds is 6. The summed E-state index contributed by atoms with van der Waals surface area (Å²) in [5.41, 5.74) is 0. The minimum atomic E-state index is 0.157. The Morgan fingerprint density at radius 3 is 2.41 bits per heavy atom. The molecule has 0 aromatic heterocycles. The van der Waals surface area contributed by atoms with E-state index in [1.807, 2.05) is 31.2 Å². The molecule has 1 N–H and O–H groups in total. The van der Waals surface area contributed by atoms with E-state index in [4.69, 9.17) is 4.74 Å². The molecule has 0 unspecified atom stereocenters. The molecule has 1 fully saturated rings. The number of carbonyl (C=O) groups excluding carboxylic acids is 1. The summed E-state index contributed by atoms with van der Waals surface area (Å²) < 4.78 is 5.42. The van der Waals surface area contributed by atoms with Gasteiger partial charge >= 0.3 is 0 Å². The quantitative estimate of drug-likeness (QED) is 0.789. The van der Waals surface area contributed by atoms with Crippen molar-refractivity contribution in [3.63, 3.8) is 0 Å². The predicted octanol–water partition coefficient (Wildman–Crippen LogP) is 4.41. The van der Waals surface area contributed by atoms with Gasteiger partial charge in [0.2, 0.25) is 5.91 Å². The Labute approximate surface area is 138 Å². The fourth-order valence-electron chi connectivity index (χ4n) is 2.82. The lowest BCUT2D eigenvalue weighted by Crippen LogP contribution is -2.36. The highest BCUT2D eigenvalue weighted by molar-refractivity contribution is 8.00. The highest BCUT2D eigenvalue weighted by Crippen LogP contribution is 2.22. The van der Waals surface area contributed by atoms with Crippen molar-refractivity contribution in [2.45, 2.75) is 62.8 Å². The minimum Gasteiger partial charge on any atom is -0.494 e. The first-order valence-electron chi connectivity index (χ1n) is 8.43. The van der Waals surface area contributed by atoms with Gasteiger partial charge in [-0.05, 0) is 44.0 Å². The van der Waals surface area contributed by atoms with Crippen molar-refractivity contribution >= 4 is 17.7 Å². The Balaban J connectivity index is 1.72. The van der Waals surface area contributed by atoms with E-state index in [0.29, 0.717) is 18.4 Å². The molecule has 0 radical (unpaired) electrons. The fourth-order valence-corrected chi connectivity index (χ4v) is 3.53. The van der Waals surface area contributed by atoms with Crippen LogP contribution in [0.1, 0.15) is 51.9 Å². The van der Waals surface area contributed by atoms with Gasteiger partial charge in [0.25, 0.3) is 0 Å². The lowest BCUT2D eigenvalue weighted by Gasteiger charge is -2.20. The SMILES string of the molecule is CCOc1ccc(SCC(=O)NC2CCCCCCC2)cc1. The number of hydrogen-bond acceptors (Lipinski definition) is 3. The minimum absolute atomic E-state index is 0.157. The van der Waals surface area contributed by atoms with Gasteiger partial charge in [0.1, 0.15) is 5.75 Å². The molecule has 1 aliphatic carbocycles. The van der Waals surface area contributed by atoms with E-state index in [9.17, 15) is 4.79 Å². The highest BCUT2D eigenvalue weighted by Gasteiger charge is 2.14. The topological polar surface area (TPSA) is 38.3 Å². The molecule has 0 bridgehead atoms. The maximum Gasteiger partial charge on any atom is 0.230 e. The maximum atomic E-state index is 12.1. The number of nitrogens with one attached hydrogen (secondary N) is 1. The zero-order valence-electron chi connectivity index (χ0n) is 13.5. The van der Waals surface area contributed by atoms with Crippen molar-refractivity contribution in [2.24, 2.45) is 0 Å². The van der Waals surface area contributed by atoms with Crippen molar-refractivity contribution in [1.29, 1.82) is 0 Å².